The van der Waals surface area contributed by atoms with Gasteiger partial charge in [-0.1, -0.05) is 44.2 Å². The van der Waals surface area contributed by atoms with E-state index in [0.29, 0.717) is 36.9 Å². The third-order valence-corrected chi connectivity index (χ3v) is 7.58. The number of anilines is 1. The first-order valence-corrected chi connectivity index (χ1v) is 13.7. The van der Waals surface area contributed by atoms with E-state index in [1.165, 1.54) is 11.8 Å². The minimum absolute atomic E-state index is 0.164. The van der Waals surface area contributed by atoms with Crippen LogP contribution < -0.4 is 19.1 Å². The zero-order valence-corrected chi connectivity index (χ0v) is 22.1. The summed E-state index contributed by atoms with van der Waals surface area (Å²) in [7, 11) is -3.82. The Hall–Kier alpha value is -3.27. The van der Waals surface area contributed by atoms with E-state index in [9.17, 15) is 18.0 Å². The minimum Gasteiger partial charge on any atom is -0.486 e. The molecular weight excluding hydrogens is 482 g/mol. The molecule has 9 nitrogen and oxygen atoms in total. The number of hydrogen-bond acceptors (Lipinski definition) is 6. The van der Waals surface area contributed by atoms with E-state index in [1.54, 1.807) is 25.1 Å². The summed E-state index contributed by atoms with van der Waals surface area (Å²) in [5.74, 6) is 0.212. The standard InChI is InChI=1S/C26H35N3O6S/c1-5-36(32,33)29(22-11-12-23-24(15-22)35-14-13-34-23)18-25(30)28(17-21-9-7-6-8-10-21)20(4)26(31)27-16-19(2)3/h6-12,15,19-20H,5,13-14,16-18H2,1-4H3,(H,27,31)/t20-/m0/s1. The number of fused-ring (bicyclic) bond motifs is 1. The van der Waals surface area contributed by atoms with Crippen molar-refractivity contribution in [2.75, 3.05) is 36.4 Å². The van der Waals surface area contributed by atoms with E-state index in [2.05, 4.69) is 5.32 Å². The zero-order valence-electron chi connectivity index (χ0n) is 21.3. The molecule has 3 rings (SSSR count). The predicted molar refractivity (Wildman–Crippen MR) is 139 cm³/mol. The van der Waals surface area contributed by atoms with Gasteiger partial charge in [-0.05, 0) is 37.5 Å². The van der Waals surface area contributed by atoms with Crippen LogP contribution in [-0.4, -0.2) is 63.2 Å². The summed E-state index contributed by atoms with van der Waals surface area (Å²) in [4.78, 5) is 28.0. The highest BCUT2D eigenvalue weighted by molar-refractivity contribution is 7.92. The van der Waals surface area contributed by atoms with Gasteiger partial charge in [0.25, 0.3) is 0 Å². The fourth-order valence-corrected chi connectivity index (χ4v) is 4.78. The van der Waals surface area contributed by atoms with Crippen molar-refractivity contribution < 1.29 is 27.5 Å². The van der Waals surface area contributed by atoms with Crippen LogP contribution in [0, 0.1) is 5.92 Å². The molecule has 0 aromatic heterocycles. The van der Waals surface area contributed by atoms with Crippen molar-refractivity contribution in [3.8, 4) is 11.5 Å². The molecule has 0 radical (unpaired) electrons. The maximum atomic E-state index is 13.7. The van der Waals surface area contributed by atoms with Crippen LogP contribution >= 0.6 is 0 Å². The van der Waals surface area contributed by atoms with Crippen molar-refractivity contribution in [3.05, 3.63) is 54.1 Å². The molecule has 0 bridgehead atoms. The second-order valence-corrected chi connectivity index (χ2v) is 11.2. The van der Waals surface area contributed by atoms with Crippen molar-refractivity contribution in [1.82, 2.24) is 10.2 Å². The fraction of sp³-hybridized carbons (Fsp3) is 0.462. The van der Waals surface area contributed by atoms with Crippen molar-refractivity contribution in [1.29, 1.82) is 0 Å². The Kier molecular flexibility index (Phi) is 9.19. The lowest BCUT2D eigenvalue weighted by atomic mass is 10.1. The first kappa shape index (κ1) is 27.3. The summed E-state index contributed by atoms with van der Waals surface area (Å²) in [5.41, 5.74) is 1.13. The third-order valence-electron chi connectivity index (χ3n) is 5.84. The van der Waals surface area contributed by atoms with Gasteiger partial charge in [0.05, 0.1) is 11.4 Å². The molecule has 36 heavy (non-hydrogen) atoms. The van der Waals surface area contributed by atoms with E-state index in [4.69, 9.17) is 9.47 Å². The highest BCUT2D eigenvalue weighted by Gasteiger charge is 2.31. The van der Waals surface area contributed by atoms with Crippen LogP contribution in [0.1, 0.15) is 33.3 Å². The van der Waals surface area contributed by atoms with Gasteiger partial charge in [-0.15, -0.1) is 0 Å². The number of amides is 2. The van der Waals surface area contributed by atoms with Crippen LogP contribution in [0.2, 0.25) is 0 Å². The van der Waals surface area contributed by atoms with Crippen LogP contribution in [0.15, 0.2) is 48.5 Å². The summed E-state index contributed by atoms with van der Waals surface area (Å²) in [6.07, 6.45) is 0. The highest BCUT2D eigenvalue weighted by Crippen LogP contribution is 2.35. The van der Waals surface area contributed by atoms with Gasteiger partial charge >= 0.3 is 0 Å². The average molecular weight is 518 g/mol. The number of benzene rings is 2. The van der Waals surface area contributed by atoms with Crippen molar-refractivity contribution in [3.63, 3.8) is 0 Å². The molecule has 0 aliphatic carbocycles. The van der Waals surface area contributed by atoms with E-state index >= 15 is 0 Å². The first-order valence-electron chi connectivity index (χ1n) is 12.1. The molecule has 0 saturated carbocycles. The van der Waals surface area contributed by atoms with Gasteiger partial charge in [0.2, 0.25) is 21.8 Å². The second-order valence-electron chi connectivity index (χ2n) is 9.06. The van der Waals surface area contributed by atoms with Crippen LogP contribution in [0.4, 0.5) is 5.69 Å². The molecule has 1 heterocycles. The third kappa shape index (κ3) is 6.90. The smallest absolute Gasteiger partial charge is 0.244 e. The molecule has 2 aromatic carbocycles. The maximum Gasteiger partial charge on any atom is 0.244 e. The van der Waals surface area contributed by atoms with E-state index in [1.807, 2.05) is 44.2 Å². The zero-order chi connectivity index (χ0) is 26.3. The molecular formula is C26H35N3O6S. The monoisotopic (exact) mass is 517 g/mol. The highest BCUT2D eigenvalue weighted by atomic mass is 32.2. The number of rotatable bonds is 11. The number of nitrogens with zero attached hydrogens (tertiary/aromatic N) is 2. The van der Waals surface area contributed by atoms with Gasteiger partial charge in [0.15, 0.2) is 11.5 Å². The number of hydrogen-bond donors (Lipinski definition) is 1. The minimum atomic E-state index is -3.82. The van der Waals surface area contributed by atoms with Gasteiger partial charge in [-0.2, -0.15) is 0 Å². The van der Waals surface area contributed by atoms with Crippen LogP contribution in [0.5, 0.6) is 11.5 Å². The van der Waals surface area contributed by atoms with Gasteiger partial charge < -0.3 is 19.7 Å². The van der Waals surface area contributed by atoms with E-state index in [-0.39, 0.29) is 24.1 Å². The quantitative estimate of drug-likeness (QED) is 0.492. The Labute approximate surface area is 213 Å². The van der Waals surface area contributed by atoms with Crippen molar-refractivity contribution >= 4 is 27.5 Å². The maximum absolute atomic E-state index is 13.7. The molecule has 0 unspecified atom stereocenters. The van der Waals surface area contributed by atoms with E-state index in [0.717, 1.165) is 9.87 Å². The van der Waals surface area contributed by atoms with Gasteiger partial charge in [-0.3, -0.25) is 13.9 Å². The van der Waals surface area contributed by atoms with Crippen molar-refractivity contribution in [2.45, 2.75) is 40.3 Å². The largest absolute Gasteiger partial charge is 0.486 e. The molecule has 0 spiro atoms. The SMILES string of the molecule is CCS(=O)(=O)N(CC(=O)N(Cc1ccccc1)[C@@H](C)C(=O)NCC(C)C)c1ccc2c(c1)OCCO2. The fourth-order valence-electron chi connectivity index (χ4n) is 3.72. The molecule has 10 heteroatoms. The molecule has 0 saturated heterocycles. The molecule has 1 atom stereocenters. The molecule has 0 fully saturated rings. The topological polar surface area (TPSA) is 105 Å². The summed E-state index contributed by atoms with van der Waals surface area (Å²) in [6, 6.07) is 13.3. The Morgan fingerprint density at radius 3 is 2.31 bits per heavy atom. The van der Waals surface area contributed by atoms with Crippen LogP contribution in [-0.2, 0) is 26.2 Å². The Balaban J connectivity index is 1.91. The number of nitrogens with one attached hydrogen (secondary N) is 1. The molecule has 1 N–H and O–H groups in total. The van der Waals surface area contributed by atoms with Gasteiger partial charge in [0, 0.05) is 19.2 Å². The molecule has 1 aliphatic heterocycles. The van der Waals surface area contributed by atoms with Crippen LogP contribution in [0.3, 0.4) is 0 Å². The number of carbonyl (C=O) groups is 2. The van der Waals surface area contributed by atoms with Crippen molar-refractivity contribution in [2.24, 2.45) is 5.92 Å². The summed E-state index contributed by atoms with van der Waals surface area (Å²) >= 11 is 0. The normalized spacial score (nSPS) is 13.7. The lowest BCUT2D eigenvalue weighted by Crippen LogP contribution is -2.51. The summed E-state index contributed by atoms with van der Waals surface area (Å²) < 4.78 is 38.4. The van der Waals surface area contributed by atoms with Crippen LogP contribution in [0.25, 0.3) is 0 Å². The number of carbonyl (C=O) groups excluding carboxylic acids is 2. The molecule has 2 aromatic rings. The second kappa shape index (κ2) is 12.1. The first-order chi connectivity index (χ1) is 17.1. The molecule has 196 valence electrons. The lowest BCUT2D eigenvalue weighted by molar-refractivity contribution is -0.139. The number of sulfonamides is 1. The Bertz CT molecular complexity index is 1150. The van der Waals surface area contributed by atoms with Gasteiger partial charge in [-0.25, -0.2) is 8.42 Å². The summed E-state index contributed by atoms with van der Waals surface area (Å²) in [6.45, 7) is 8.09. The average Bonchev–Trinajstić information content (AvgIpc) is 2.88. The number of ether oxygens (including phenoxy) is 2. The molecule has 1 aliphatic rings. The van der Waals surface area contributed by atoms with E-state index < -0.39 is 28.5 Å². The lowest BCUT2D eigenvalue weighted by Gasteiger charge is -2.32. The Morgan fingerprint density at radius 1 is 1.00 bits per heavy atom. The Morgan fingerprint density at radius 2 is 1.67 bits per heavy atom. The molecule has 2 amide bonds. The van der Waals surface area contributed by atoms with Gasteiger partial charge in [0.1, 0.15) is 25.8 Å². The predicted octanol–water partition coefficient (Wildman–Crippen LogP) is 2.80. The summed E-state index contributed by atoms with van der Waals surface area (Å²) in [5, 5.41) is 2.87.